The molecule has 1 aliphatic carbocycles. The van der Waals surface area contributed by atoms with Gasteiger partial charge in [0.2, 0.25) is 0 Å². The molecule has 84 valence electrons. The van der Waals surface area contributed by atoms with Crippen molar-refractivity contribution < 1.29 is 35.8 Å². The molecule has 0 radical (unpaired) electrons. The van der Waals surface area contributed by atoms with E-state index >= 15 is 0 Å². The molecule has 0 unspecified atom stereocenters. The molecule has 0 aromatic rings. The maximum atomic E-state index is 3.44. The molecular formula is C10H18F3Ti-. The molecule has 0 nitrogen and oxygen atoms in total. The zero-order valence-electron chi connectivity index (χ0n) is 9.22. The number of hydrogen-bond donors (Lipinski definition) is 0. The predicted molar refractivity (Wildman–Crippen MR) is 52.1 cm³/mol. The molecular weight excluding hydrogens is 225 g/mol. The van der Waals surface area contributed by atoms with Gasteiger partial charge in [0.25, 0.3) is 0 Å². The monoisotopic (exact) mass is 243 g/mol. The molecule has 0 N–H and O–H groups in total. The largest absolute Gasteiger partial charge is 0.269 e. The van der Waals surface area contributed by atoms with Crippen molar-refractivity contribution in [3.05, 3.63) is 22.8 Å². The molecule has 14 heavy (non-hydrogen) atoms. The third kappa shape index (κ3) is 4.01. The molecule has 0 aromatic carbocycles. The van der Waals surface area contributed by atoms with Gasteiger partial charge in [-0.2, -0.15) is 11.1 Å². The molecule has 0 saturated heterocycles. The Kier molecular flexibility index (Phi) is 12.3. The van der Waals surface area contributed by atoms with Crippen LogP contribution in [0.25, 0.3) is 0 Å². The standard InChI is InChI=1S/C10H15.3FH.Ti/c1-7-6-10(4,5)9(3)8(7)2;;;;/h1-5H3;3*1H;/q-1;;;;. The molecule has 0 bridgehead atoms. The number of hydrogen-bond acceptors (Lipinski definition) is 0. The maximum Gasteiger partial charge on any atom is 0 e. The van der Waals surface area contributed by atoms with Crippen molar-refractivity contribution in [3.63, 3.8) is 0 Å². The van der Waals surface area contributed by atoms with Crippen LogP contribution in [0.15, 0.2) is 16.7 Å². The Balaban J connectivity index is -0.000000125. The summed E-state index contributed by atoms with van der Waals surface area (Å²) in [7, 11) is 0. The number of allylic oxidation sites excluding steroid dienone is 4. The summed E-state index contributed by atoms with van der Waals surface area (Å²) < 4.78 is 0. The topological polar surface area (TPSA) is 0 Å². The molecule has 4 heteroatoms. The van der Waals surface area contributed by atoms with E-state index in [4.69, 9.17) is 0 Å². The van der Waals surface area contributed by atoms with Gasteiger partial charge in [0.15, 0.2) is 0 Å². The Hall–Kier alpha value is -0.0157. The van der Waals surface area contributed by atoms with Gasteiger partial charge in [-0.1, -0.05) is 33.1 Å². The summed E-state index contributed by atoms with van der Waals surface area (Å²) >= 11 is 0. The van der Waals surface area contributed by atoms with Crippen molar-refractivity contribution >= 4 is 0 Å². The van der Waals surface area contributed by atoms with Crippen LogP contribution in [0.1, 0.15) is 34.6 Å². The minimum absolute atomic E-state index is 0. The minimum Gasteiger partial charge on any atom is -0.269 e. The first-order chi connectivity index (χ1) is 4.45. The van der Waals surface area contributed by atoms with E-state index in [9.17, 15) is 0 Å². The second kappa shape index (κ2) is 7.30. The molecule has 0 amide bonds. The fourth-order valence-electron chi connectivity index (χ4n) is 1.41. The summed E-state index contributed by atoms with van der Waals surface area (Å²) in [4.78, 5) is 0. The van der Waals surface area contributed by atoms with Crippen molar-refractivity contribution in [2.24, 2.45) is 5.41 Å². The van der Waals surface area contributed by atoms with Gasteiger partial charge in [-0.15, -0.1) is 6.92 Å². The van der Waals surface area contributed by atoms with Gasteiger partial charge in [-0.25, -0.2) is 5.57 Å². The summed E-state index contributed by atoms with van der Waals surface area (Å²) in [6.07, 6.45) is 3.44. The molecule has 0 heterocycles. The van der Waals surface area contributed by atoms with Crippen LogP contribution in [0.4, 0.5) is 14.1 Å². The molecule has 1 aliphatic rings. The Morgan fingerprint density at radius 2 is 1.29 bits per heavy atom. The summed E-state index contributed by atoms with van der Waals surface area (Å²) in [5.41, 5.74) is 4.39. The third-order valence-corrected chi connectivity index (χ3v) is 2.56. The Labute approximate surface area is 98.8 Å². The molecule has 0 saturated carbocycles. The van der Waals surface area contributed by atoms with Crippen molar-refractivity contribution in [2.75, 3.05) is 0 Å². The second-order valence-electron chi connectivity index (χ2n) is 3.62. The van der Waals surface area contributed by atoms with Gasteiger partial charge in [0, 0.05) is 21.7 Å². The number of rotatable bonds is 0. The van der Waals surface area contributed by atoms with E-state index < -0.39 is 0 Å². The van der Waals surface area contributed by atoms with Crippen LogP contribution in [0.2, 0.25) is 0 Å². The van der Waals surface area contributed by atoms with Crippen LogP contribution >= 0.6 is 0 Å². The van der Waals surface area contributed by atoms with Gasteiger partial charge in [0.1, 0.15) is 0 Å². The quantitative estimate of drug-likeness (QED) is 0.450. The molecule has 0 aliphatic heterocycles. The van der Waals surface area contributed by atoms with E-state index in [-0.39, 0.29) is 41.2 Å². The fourth-order valence-corrected chi connectivity index (χ4v) is 1.41. The summed E-state index contributed by atoms with van der Waals surface area (Å²) in [5.74, 6) is 0. The normalized spacial score (nSPS) is 16.8. The van der Waals surface area contributed by atoms with Crippen LogP contribution in [0.3, 0.4) is 0 Å². The van der Waals surface area contributed by atoms with Gasteiger partial charge >= 0.3 is 0 Å². The fraction of sp³-hybridized carbons (Fsp3) is 0.600. The van der Waals surface area contributed by atoms with Gasteiger partial charge in [-0.3, -0.25) is 20.2 Å². The van der Waals surface area contributed by atoms with Crippen molar-refractivity contribution in [1.82, 2.24) is 0 Å². The van der Waals surface area contributed by atoms with Crippen LogP contribution in [-0.4, -0.2) is 0 Å². The van der Waals surface area contributed by atoms with Crippen LogP contribution in [-0.2, 0) is 21.7 Å². The van der Waals surface area contributed by atoms with Crippen molar-refractivity contribution in [3.8, 4) is 0 Å². The van der Waals surface area contributed by atoms with Gasteiger partial charge in [0.05, 0.1) is 0 Å². The predicted octanol–water partition coefficient (Wildman–Crippen LogP) is 3.57. The van der Waals surface area contributed by atoms with Crippen LogP contribution < -0.4 is 0 Å². The number of halogens is 3. The van der Waals surface area contributed by atoms with Gasteiger partial charge in [-0.05, 0) is 0 Å². The first kappa shape index (κ1) is 23.7. The summed E-state index contributed by atoms with van der Waals surface area (Å²) in [5, 5.41) is 0. The first-order valence-corrected chi connectivity index (χ1v) is 3.75. The van der Waals surface area contributed by atoms with E-state index in [0.29, 0.717) is 0 Å². The first-order valence-electron chi connectivity index (χ1n) is 3.75. The Bertz CT molecular complexity index is 230. The molecule has 1 rings (SSSR count). The van der Waals surface area contributed by atoms with Crippen molar-refractivity contribution in [1.29, 1.82) is 0 Å². The van der Waals surface area contributed by atoms with Gasteiger partial charge < -0.3 is 0 Å². The summed E-state index contributed by atoms with van der Waals surface area (Å²) in [6.45, 7) is 10.9. The smallest absolute Gasteiger partial charge is 0 e. The SMILES string of the molecule is CC1=[C-]C(C)(C)C(C)=C1C.F.F.F.[Ti]. The minimum atomic E-state index is 0. The molecule has 0 fully saturated rings. The maximum absolute atomic E-state index is 3.44. The average molecular weight is 243 g/mol. The van der Waals surface area contributed by atoms with Crippen LogP contribution in [0.5, 0.6) is 0 Å². The third-order valence-electron chi connectivity index (χ3n) is 2.56. The molecule has 0 atom stereocenters. The zero-order valence-corrected chi connectivity index (χ0v) is 10.8. The van der Waals surface area contributed by atoms with E-state index in [0.717, 1.165) is 0 Å². The zero-order chi connectivity index (χ0) is 7.94. The molecule has 0 spiro atoms. The van der Waals surface area contributed by atoms with E-state index in [1.54, 1.807) is 0 Å². The average Bonchev–Trinajstić information content (AvgIpc) is 1.95. The van der Waals surface area contributed by atoms with Crippen molar-refractivity contribution in [2.45, 2.75) is 34.6 Å². The van der Waals surface area contributed by atoms with E-state index in [1.165, 1.54) is 16.7 Å². The second-order valence-corrected chi connectivity index (χ2v) is 3.62. The summed E-state index contributed by atoms with van der Waals surface area (Å²) in [6, 6.07) is 0. The van der Waals surface area contributed by atoms with E-state index in [2.05, 4.69) is 40.7 Å². The molecule has 0 aromatic heterocycles. The Morgan fingerprint density at radius 1 is 0.929 bits per heavy atom. The van der Waals surface area contributed by atoms with Crippen LogP contribution in [0, 0.1) is 11.5 Å². The van der Waals surface area contributed by atoms with E-state index in [1.807, 2.05) is 0 Å². The Morgan fingerprint density at radius 3 is 1.36 bits per heavy atom.